The predicted octanol–water partition coefficient (Wildman–Crippen LogP) is 0.878. The molecule has 1 rings (SSSR count). The normalized spacial score (nSPS) is 17.7. The van der Waals surface area contributed by atoms with Crippen LogP contribution in [-0.2, 0) is 4.79 Å². The lowest BCUT2D eigenvalue weighted by atomic mass is 10.2. The van der Waals surface area contributed by atoms with Gasteiger partial charge in [-0.05, 0) is 12.8 Å². The summed E-state index contributed by atoms with van der Waals surface area (Å²) in [6.07, 6.45) is 3.92. The van der Waals surface area contributed by atoms with Gasteiger partial charge in [-0.1, -0.05) is 22.4 Å². The van der Waals surface area contributed by atoms with Crippen LogP contribution in [0, 0.1) is 0 Å². The number of rotatable bonds is 6. The summed E-state index contributed by atoms with van der Waals surface area (Å²) in [5, 5.41) is 6.29. The van der Waals surface area contributed by atoms with Crippen LogP contribution in [0.25, 0.3) is 0 Å². The van der Waals surface area contributed by atoms with Gasteiger partial charge in [0.05, 0.1) is 0 Å². The molecule has 1 amide bonds. The van der Waals surface area contributed by atoms with Crippen LogP contribution in [-0.4, -0.2) is 42.4 Å². The summed E-state index contributed by atoms with van der Waals surface area (Å²) >= 11 is 3.38. The molecule has 15 heavy (non-hydrogen) atoms. The summed E-state index contributed by atoms with van der Waals surface area (Å²) in [4.78, 5) is 11.5. The van der Waals surface area contributed by atoms with E-state index in [4.69, 9.17) is 0 Å². The Morgan fingerprint density at radius 1 is 1.27 bits per heavy atom. The molecule has 0 aromatic rings. The third-order valence-corrected chi connectivity index (χ3v) is 3.00. The van der Waals surface area contributed by atoms with Crippen LogP contribution in [0.3, 0.4) is 0 Å². The highest BCUT2D eigenvalue weighted by Crippen LogP contribution is 2.02. The van der Waals surface area contributed by atoms with Crippen molar-refractivity contribution in [1.29, 1.82) is 0 Å². The molecule has 0 aromatic carbocycles. The molecule has 0 spiro atoms. The second-order valence-corrected chi connectivity index (χ2v) is 4.56. The number of carbonyl (C=O) groups excluding carboxylic acids is 1. The average Bonchev–Trinajstić information content (AvgIpc) is 2.26. The number of carbonyl (C=O) groups is 1. The number of nitrogens with zero attached hydrogens (tertiary/aromatic N) is 1. The highest BCUT2D eigenvalue weighted by Gasteiger charge is 2.11. The molecule has 0 radical (unpaired) electrons. The molecule has 1 aliphatic heterocycles. The second-order valence-electron chi connectivity index (χ2n) is 3.77. The van der Waals surface area contributed by atoms with Crippen LogP contribution in [0.5, 0.6) is 0 Å². The highest BCUT2D eigenvalue weighted by molar-refractivity contribution is 9.09. The zero-order valence-corrected chi connectivity index (χ0v) is 10.7. The zero-order chi connectivity index (χ0) is 10.9. The van der Waals surface area contributed by atoms with Crippen molar-refractivity contribution < 1.29 is 4.79 Å². The number of hydrogen-bond donors (Lipinski definition) is 2. The fourth-order valence-corrected chi connectivity index (χ4v) is 1.96. The molecule has 0 saturated carbocycles. The lowest BCUT2D eigenvalue weighted by Gasteiger charge is -2.27. The number of alkyl halides is 1. The van der Waals surface area contributed by atoms with Crippen molar-refractivity contribution >= 4 is 21.8 Å². The number of hydrazine groups is 1. The minimum Gasteiger partial charge on any atom is -0.314 e. The van der Waals surface area contributed by atoms with E-state index in [9.17, 15) is 4.79 Å². The number of nitrogens with one attached hydrogen (secondary N) is 2. The number of piperazine rings is 1. The van der Waals surface area contributed by atoms with Crippen LogP contribution in [0.2, 0.25) is 0 Å². The van der Waals surface area contributed by atoms with Crippen molar-refractivity contribution in [2.24, 2.45) is 0 Å². The van der Waals surface area contributed by atoms with Gasteiger partial charge in [-0.2, -0.15) is 0 Å². The molecule has 88 valence electrons. The standard InChI is InChI=1S/C10H20BrN3O/c11-5-3-1-2-4-10(15)13-14-8-6-12-7-9-14/h12H,1-9H2,(H,13,15). The molecule has 0 bridgehead atoms. The molecular weight excluding hydrogens is 258 g/mol. The van der Waals surface area contributed by atoms with E-state index in [1.165, 1.54) is 0 Å². The van der Waals surface area contributed by atoms with Gasteiger partial charge in [-0.3, -0.25) is 10.2 Å². The fourth-order valence-electron chi connectivity index (χ4n) is 1.57. The van der Waals surface area contributed by atoms with Crippen LogP contribution in [0.15, 0.2) is 0 Å². The molecule has 0 aromatic heterocycles. The van der Waals surface area contributed by atoms with E-state index in [0.717, 1.165) is 50.8 Å². The SMILES string of the molecule is O=C(CCCCCBr)NN1CCNCC1. The van der Waals surface area contributed by atoms with Crippen molar-refractivity contribution in [1.82, 2.24) is 15.8 Å². The van der Waals surface area contributed by atoms with Gasteiger partial charge >= 0.3 is 0 Å². The van der Waals surface area contributed by atoms with Gasteiger partial charge in [0.25, 0.3) is 0 Å². The largest absolute Gasteiger partial charge is 0.314 e. The van der Waals surface area contributed by atoms with Crippen LogP contribution >= 0.6 is 15.9 Å². The van der Waals surface area contributed by atoms with Crippen molar-refractivity contribution in [3.63, 3.8) is 0 Å². The van der Waals surface area contributed by atoms with E-state index in [2.05, 4.69) is 26.7 Å². The summed E-state index contributed by atoms with van der Waals surface area (Å²) in [6.45, 7) is 3.74. The van der Waals surface area contributed by atoms with E-state index in [0.29, 0.717) is 6.42 Å². The predicted molar refractivity (Wildman–Crippen MR) is 64.8 cm³/mol. The summed E-state index contributed by atoms with van der Waals surface area (Å²) < 4.78 is 0. The van der Waals surface area contributed by atoms with Crippen molar-refractivity contribution in [2.75, 3.05) is 31.5 Å². The summed E-state index contributed by atoms with van der Waals surface area (Å²) in [6, 6.07) is 0. The Labute approximate surface area is 99.9 Å². The summed E-state index contributed by atoms with van der Waals surface area (Å²) in [5.74, 6) is 0.159. The maximum absolute atomic E-state index is 11.5. The molecule has 5 heteroatoms. The average molecular weight is 278 g/mol. The summed E-state index contributed by atoms with van der Waals surface area (Å²) in [5.41, 5.74) is 2.94. The van der Waals surface area contributed by atoms with E-state index in [1.807, 2.05) is 5.01 Å². The van der Waals surface area contributed by atoms with Gasteiger partial charge in [0.2, 0.25) is 5.91 Å². The number of halogens is 1. The first kappa shape index (κ1) is 12.9. The minimum absolute atomic E-state index is 0.159. The van der Waals surface area contributed by atoms with Crippen LogP contribution < -0.4 is 10.7 Å². The molecule has 1 heterocycles. The van der Waals surface area contributed by atoms with E-state index in [-0.39, 0.29) is 5.91 Å². The Kier molecular flexibility index (Phi) is 6.96. The number of unbranched alkanes of at least 4 members (excludes halogenated alkanes) is 2. The third kappa shape index (κ3) is 6.12. The lowest BCUT2D eigenvalue weighted by molar-refractivity contribution is -0.126. The Bertz CT molecular complexity index is 184. The molecule has 0 unspecified atom stereocenters. The Morgan fingerprint density at radius 2 is 2.00 bits per heavy atom. The fraction of sp³-hybridized carbons (Fsp3) is 0.900. The molecular formula is C10H20BrN3O. The van der Waals surface area contributed by atoms with Gasteiger partial charge < -0.3 is 5.32 Å². The topological polar surface area (TPSA) is 44.4 Å². The molecule has 1 fully saturated rings. The number of hydrogen-bond acceptors (Lipinski definition) is 3. The van der Waals surface area contributed by atoms with Crippen molar-refractivity contribution in [3.05, 3.63) is 0 Å². The van der Waals surface area contributed by atoms with E-state index >= 15 is 0 Å². The minimum atomic E-state index is 0.159. The first-order valence-corrected chi connectivity index (χ1v) is 6.76. The monoisotopic (exact) mass is 277 g/mol. The molecule has 0 aliphatic carbocycles. The molecule has 1 saturated heterocycles. The van der Waals surface area contributed by atoms with Crippen molar-refractivity contribution in [2.45, 2.75) is 25.7 Å². The van der Waals surface area contributed by atoms with Gasteiger partial charge in [0.15, 0.2) is 0 Å². The lowest BCUT2D eigenvalue weighted by Crippen LogP contribution is -2.52. The smallest absolute Gasteiger partial charge is 0.234 e. The van der Waals surface area contributed by atoms with Gasteiger partial charge in [0.1, 0.15) is 0 Å². The maximum Gasteiger partial charge on any atom is 0.234 e. The van der Waals surface area contributed by atoms with Gasteiger partial charge in [0, 0.05) is 37.9 Å². The Balaban J connectivity index is 2.01. The molecule has 0 atom stereocenters. The van der Waals surface area contributed by atoms with Gasteiger partial charge in [-0.15, -0.1) is 0 Å². The Hall–Kier alpha value is -0.130. The molecule has 4 nitrogen and oxygen atoms in total. The van der Waals surface area contributed by atoms with Gasteiger partial charge in [-0.25, -0.2) is 5.01 Å². The van der Waals surface area contributed by atoms with E-state index in [1.54, 1.807) is 0 Å². The first-order chi connectivity index (χ1) is 7.33. The third-order valence-electron chi connectivity index (χ3n) is 2.44. The molecule has 2 N–H and O–H groups in total. The Morgan fingerprint density at radius 3 is 2.67 bits per heavy atom. The summed E-state index contributed by atoms with van der Waals surface area (Å²) in [7, 11) is 0. The second kappa shape index (κ2) is 8.07. The molecule has 1 aliphatic rings. The van der Waals surface area contributed by atoms with Crippen LogP contribution in [0.4, 0.5) is 0 Å². The maximum atomic E-state index is 11.5. The quantitative estimate of drug-likeness (QED) is 0.560. The number of amides is 1. The van der Waals surface area contributed by atoms with Crippen LogP contribution in [0.1, 0.15) is 25.7 Å². The highest BCUT2D eigenvalue weighted by atomic mass is 79.9. The van der Waals surface area contributed by atoms with Crippen molar-refractivity contribution in [3.8, 4) is 0 Å². The first-order valence-electron chi connectivity index (χ1n) is 5.64. The zero-order valence-electron chi connectivity index (χ0n) is 9.10. The van der Waals surface area contributed by atoms with E-state index < -0.39 is 0 Å².